The Morgan fingerprint density at radius 3 is 2.57 bits per heavy atom. The van der Waals surface area contributed by atoms with Crippen LogP contribution in [0.5, 0.6) is 0 Å². The van der Waals surface area contributed by atoms with Crippen LogP contribution in [0.3, 0.4) is 0 Å². The van der Waals surface area contributed by atoms with E-state index in [-0.39, 0.29) is 5.44 Å². The Hall–Kier alpha value is 0.310. The molecule has 1 rings (SSSR count). The van der Waals surface area contributed by atoms with Gasteiger partial charge in [0.05, 0.1) is 5.44 Å². The largest absolute Gasteiger partial charge is 0.382 e. The maximum absolute atomic E-state index is 8.87. The highest BCUT2D eigenvalue weighted by molar-refractivity contribution is 7.99. The van der Waals surface area contributed by atoms with Gasteiger partial charge in [-0.15, -0.1) is 11.8 Å². The summed E-state index contributed by atoms with van der Waals surface area (Å²) in [6, 6.07) is 0. The van der Waals surface area contributed by atoms with E-state index >= 15 is 0 Å². The molecular weight excluding hydrogens is 108 g/mol. The predicted molar refractivity (Wildman–Crippen MR) is 32.3 cm³/mol. The molecule has 1 heterocycles. The Bertz CT molecular complexity index is 50.0. The number of thioether (sulfide) groups is 1. The highest BCUT2D eigenvalue weighted by atomic mass is 32.2. The van der Waals surface area contributed by atoms with E-state index in [1.165, 1.54) is 12.8 Å². The van der Waals surface area contributed by atoms with Gasteiger partial charge in [0, 0.05) is 0 Å². The average molecular weight is 118 g/mol. The molecule has 0 aromatic heterocycles. The third-order valence-electron chi connectivity index (χ3n) is 1.16. The molecule has 42 valence electrons. The molecule has 0 bridgehead atoms. The fraction of sp³-hybridized carbons (Fsp3) is 1.00. The SMILES string of the molecule is O[C@H]1CCCCS1. The number of hydrogen-bond donors (Lipinski definition) is 1. The number of aliphatic hydroxyl groups excluding tert-OH is 1. The van der Waals surface area contributed by atoms with E-state index in [0.29, 0.717) is 0 Å². The van der Waals surface area contributed by atoms with Crippen molar-refractivity contribution in [3.63, 3.8) is 0 Å². The van der Waals surface area contributed by atoms with E-state index in [1.807, 2.05) is 0 Å². The Morgan fingerprint density at radius 2 is 2.29 bits per heavy atom. The summed E-state index contributed by atoms with van der Waals surface area (Å²) in [6.45, 7) is 0. The van der Waals surface area contributed by atoms with Crippen LogP contribution in [0, 0.1) is 0 Å². The van der Waals surface area contributed by atoms with E-state index < -0.39 is 0 Å². The zero-order chi connectivity index (χ0) is 5.11. The molecule has 0 amide bonds. The maximum atomic E-state index is 8.87. The van der Waals surface area contributed by atoms with Crippen LogP contribution < -0.4 is 0 Å². The standard InChI is InChI=1S/C5H10OS/c6-5-3-1-2-4-7-5/h5-6H,1-4H2/t5-/m1/s1. The van der Waals surface area contributed by atoms with Gasteiger partial charge in [0.2, 0.25) is 0 Å². The minimum atomic E-state index is -0.0475. The molecule has 1 fully saturated rings. The summed E-state index contributed by atoms with van der Waals surface area (Å²) in [5.41, 5.74) is -0.0475. The van der Waals surface area contributed by atoms with E-state index in [1.54, 1.807) is 11.8 Å². The third kappa shape index (κ3) is 1.70. The predicted octanol–water partition coefficient (Wildman–Crippen LogP) is 1.22. The monoisotopic (exact) mass is 118 g/mol. The van der Waals surface area contributed by atoms with Crippen molar-refractivity contribution in [1.82, 2.24) is 0 Å². The average Bonchev–Trinajstić information content (AvgIpc) is 1.69. The molecule has 0 aromatic rings. The first kappa shape index (κ1) is 5.45. The second kappa shape index (κ2) is 2.58. The quantitative estimate of drug-likeness (QED) is 0.516. The van der Waals surface area contributed by atoms with Gasteiger partial charge in [-0.1, -0.05) is 0 Å². The smallest absolute Gasteiger partial charge is 0.0992 e. The first-order valence-corrected chi connectivity index (χ1v) is 3.74. The minimum Gasteiger partial charge on any atom is -0.382 e. The normalized spacial score (nSPS) is 33.0. The minimum absolute atomic E-state index is 0.0475. The molecule has 0 saturated carbocycles. The van der Waals surface area contributed by atoms with Crippen molar-refractivity contribution < 1.29 is 5.11 Å². The van der Waals surface area contributed by atoms with Gasteiger partial charge in [-0.3, -0.25) is 0 Å². The van der Waals surface area contributed by atoms with Crippen molar-refractivity contribution in [3.05, 3.63) is 0 Å². The molecule has 0 aliphatic carbocycles. The molecule has 1 nitrogen and oxygen atoms in total. The zero-order valence-corrected chi connectivity index (χ0v) is 5.08. The molecule has 1 atom stereocenters. The summed E-state index contributed by atoms with van der Waals surface area (Å²) in [6.07, 6.45) is 3.51. The topological polar surface area (TPSA) is 20.2 Å². The van der Waals surface area contributed by atoms with Crippen molar-refractivity contribution in [3.8, 4) is 0 Å². The van der Waals surface area contributed by atoms with Gasteiger partial charge >= 0.3 is 0 Å². The summed E-state index contributed by atoms with van der Waals surface area (Å²) >= 11 is 1.67. The Labute approximate surface area is 48.1 Å². The van der Waals surface area contributed by atoms with E-state index in [9.17, 15) is 0 Å². The molecular formula is C5H10OS. The number of hydrogen-bond acceptors (Lipinski definition) is 2. The lowest BCUT2D eigenvalue weighted by Gasteiger charge is -2.14. The van der Waals surface area contributed by atoms with Gasteiger partial charge in [-0.25, -0.2) is 0 Å². The van der Waals surface area contributed by atoms with Gasteiger partial charge in [-0.05, 0) is 25.0 Å². The van der Waals surface area contributed by atoms with Crippen LogP contribution in [0.4, 0.5) is 0 Å². The second-order valence-corrected chi connectivity index (χ2v) is 3.11. The first-order chi connectivity index (χ1) is 3.39. The lowest BCUT2D eigenvalue weighted by Crippen LogP contribution is -2.06. The van der Waals surface area contributed by atoms with Gasteiger partial charge in [0.1, 0.15) is 0 Å². The van der Waals surface area contributed by atoms with Crippen LogP contribution in [-0.2, 0) is 0 Å². The van der Waals surface area contributed by atoms with Crippen LogP contribution in [0.2, 0.25) is 0 Å². The number of rotatable bonds is 0. The summed E-state index contributed by atoms with van der Waals surface area (Å²) in [7, 11) is 0. The van der Waals surface area contributed by atoms with E-state index in [2.05, 4.69) is 0 Å². The fourth-order valence-corrected chi connectivity index (χ4v) is 1.70. The molecule has 1 N–H and O–H groups in total. The summed E-state index contributed by atoms with van der Waals surface area (Å²) in [5, 5.41) is 8.87. The lowest BCUT2D eigenvalue weighted by atomic mass is 10.2. The van der Waals surface area contributed by atoms with Gasteiger partial charge in [-0.2, -0.15) is 0 Å². The number of aliphatic hydroxyl groups is 1. The Balaban J connectivity index is 2.12. The van der Waals surface area contributed by atoms with Crippen LogP contribution in [0.25, 0.3) is 0 Å². The van der Waals surface area contributed by atoms with Crippen LogP contribution in [0.15, 0.2) is 0 Å². The zero-order valence-electron chi connectivity index (χ0n) is 4.26. The van der Waals surface area contributed by atoms with E-state index in [0.717, 1.165) is 12.2 Å². The summed E-state index contributed by atoms with van der Waals surface area (Å²) in [4.78, 5) is 0. The summed E-state index contributed by atoms with van der Waals surface area (Å²) in [5.74, 6) is 1.15. The Morgan fingerprint density at radius 1 is 1.43 bits per heavy atom. The van der Waals surface area contributed by atoms with Gasteiger partial charge < -0.3 is 5.11 Å². The summed E-state index contributed by atoms with van der Waals surface area (Å²) < 4.78 is 0. The molecule has 1 saturated heterocycles. The molecule has 0 spiro atoms. The highest BCUT2D eigenvalue weighted by Gasteiger charge is 2.08. The van der Waals surface area contributed by atoms with Crippen molar-refractivity contribution in [2.45, 2.75) is 24.7 Å². The first-order valence-electron chi connectivity index (χ1n) is 2.69. The van der Waals surface area contributed by atoms with Crippen molar-refractivity contribution in [2.24, 2.45) is 0 Å². The molecule has 1 aliphatic rings. The van der Waals surface area contributed by atoms with Crippen molar-refractivity contribution in [2.75, 3.05) is 5.75 Å². The second-order valence-electron chi connectivity index (χ2n) is 1.82. The Kier molecular flexibility index (Phi) is 2.00. The van der Waals surface area contributed by atoms with Crippen molar-refractivity contribution >= 4 is 11.8 Å². The molecule has 0 unspecified atom stereocenters. The highest BCUT2D eigenvalue weighted by Crippen LogP contribution is 2.21. The third-order valence-corrected chi connectivity index (χ3v) is 2.30. The van der Waals surface area contributed by atoms with Crippen LogP contribution in [0.1, 0.15) is 19.3 Å². The van der Waals surface area contributed by atoms with Gasteiger partial charge in [0.15, 0.2) is 0 Å². The van der Waals surface area contributed by atoms with Crippen molar-refractivity contribution in [1.29, 1.82) is 0 Å². The lowest BCUT2D eigenvalue weighted by molar-refractivity contribution is 0.244. The molecule has 1 aliphatic heterocycles. The molecule has 0 aromatic carbocycles. The molecule has 7 heavy (non-hydrogen) atoms. The van der Waals surface area contributed by atoms with E-state index in [4.69, 9.17) is 5.11 Å². The molecule has 2 heteroatoms. The molecule has 0 radical (unpaired) electrons. The maximum Gasteiger partial charge on any atom is 0.0992 e. The van der Waals surface area contributed by atoms with Crippen LogP contribution >= 0.6 is 11.8 Å². The van der Waals surface area contributed by atoms with Gasteiger partial charge in [0.25, 0.3) is 0 Å². The van der Waals surface area contributed by atoms with Crippen LogP contribution in [-0.4, -0.2) is 16.3 Å². The fourth-order valence-electron chi connectivity index (χ4n) is 0.724.